The molecule has 21 heavy (non-hydrogen) atoms. The summed E-state index contributed by atoms with van der Waals surface area (Å²) >= 11 is 12.2. The highest BCUT2D eigenvalue weighted by Gasteiger charge is 2.19. The van der Waals surface area contributed by atoms with Crippen LogP contribution in [0.5, 0.6) is 0 Å². The van der Waals surface area contributed by atoms with Gasteiger partial charge in [-0.15, -0.1) is 11.6 Å². The molecule has 2 aromatic carbocycles. The fraction of sp³-hybridized carbons (Fsp3) is 0.294. The van der Waals surface area contributed by atoms with Crippen molar-refractivity contribution < 1.29 is 0 Å². The quantitative estimate of drug-likeness (QED) is 0.773. The van der Waals surface area contributed by atoms with Gasteiger partial charge >= 0.3 is 0 Å². The van der Waals surface area contributed by atoms with Crippen LogP contribution in [0.15, 0.2) is 48.5 Å². The number of hydrogen-bond donors (Lipinski definition) is 0. The Morgan fingerprint density at radius 3 is 2.14 bits per heavy atom. The molecule has 110 valence electrons. The van der Waals surface area contributed by atoms with Crippen molar-refractivity contribution in [3.05, 3.63) is 59.1 Å². The van der Waals surface area contributed by atoms with E-state index in [0.717, 1.165) is 42.5 Å². The number of piperazine rings is 1. The van der Waals surface area contributed by atoms with E-state index in [1.807, 2.05) is 6.07 Å². The van der Waals surface area contributed by atoms with Crippen molar-refractivity contribution in [2.24, 2.45) is 0 Å². The largest absolute Gasteiger partial charge is 0.368 e. The van der Waals surface area contributed by atoms with Gasteiger partial charge in [0.2, 0.25) is 0 Å². The predicted molar refractivity (Wildman–Crippen MR) is 91.9 cm³/mol. The third-order valence-corrected chi connectivity index (χ3v) is 4.52. The molecule has 0 amide bonds. The van der Waals surface area contributed by atoms with Crippen molar-refractivity contribution in [2.75, 3.05) is 36.0 Å². The van der Waals surface area contributed by atoms with E-state index in [0.29, 0.717) is 5.88 Å². The van der Waals surface area contributed by atoms with Crippen LogP contribution in [0.4, 0.5) is 11.4 Å². The number of alkyl halides is 1. The van der Waals surface area contributed by atoms with Crippen LogP contribution in [0, 0.1) is 0 Å². The van der Waals surface area contributed by atoms with Gasteiger partial charge in [0.15, 0.2) is 0 Å². The zero-order valence-corrected chi connectivity index (χ0v) is 13.3. The zero-order valence-electron chi connectivity index (χ0n) is 11.8. The van der Waals surface area contributed by atoms with Crippen molar-refractivity contribution in [3.63, 3.8) is 0 Å². The predicted octanol–water partition coefficient (Wildman–Crippen LogP) is 4.41. The molecule has 1 fully saturated rings. The Balaban J connectivity index is 1.68. The first kappa shape index (κ1) is 14.6. The highest BCUT2D eigenvalue weighted by atomic mass is 35.5. The molecule has 3 rings (SSSR count). The van der Waals surface area contributed by atoms with Crippen LogP contribution in [0.1, 0.15) is 5.56 Å². The molecule has 0 radical (unpaired) electrons. The van der Waals surface area contributed by atoms with Gasteiger partial charge in [-0.1, -0.05) is 35.9 Å². The van der Waals surface area contributed by atoms with Gasteiger partial charge in [-0.2, -0.15) is 0 Å². The molecule has 1 aliphatic heterocycles. The lowest BCUT2D eigenvalue weighted by Gasteiger charge is -2.37. The van der Waals surface area contributed by atoms with Crippen LogP contribution in [0.3, 0.4) is 0 Å². The van der Waals surface area contributed by atoms with Gasteiger partial charge in [0.1, 0.15) is 0 Å². The van der Waals surface area contributed by atoms with E-state index in [1.165, 1.54) is 5.69 Å². The van der Waals surface area contributed by atoms with Crippen LogP contribution < -0.4 is 9.80 Å². The van der Waals surface area contributed by atoms with Crippen LogP contribution in [0.2, 0.25) is 5.02 Å². The van der Waals surface area contributed by atoms with Gasteiger partial charge in [-0.05, 0) is 29.8 Å². The van der Waals surface area contributed by atoms with Gasteiger partial charge in [0.05, 0.1) is 10.7 Å². The second kappa shape index (κ2) is 6.59. The summed E-state index contributed by atoms with van der Waals surface area (Å²) < 4.78 is 0. The molecule has 0 aliphatic carbocycles. The van der Waals surface area contributed by atoms with E-state index in [4.69, 9.17) is 23.2 Å². The topological polar surface area (TPSA) is 6.48 Å². The molecular weight excluding hydrogens is 303 g/mol. The minimum Gasteiger partial charge on any atom is -0.368 e. The minimum absolute atomic E-state index is 0.502. The summed E-state index contributed by atoms with van der Waals surface area (Å²) in [6.07, 6.45) is 0. The molecule has 1 saturated heterocycles. The lowest BCUT2D eigenvalue weighted by molar-refractivity contribution is 0.653. The van der Waals surface area contributed by atoms with Crippen molar-refractivity contribution >= 4 is 34.6 Å². The molecule has 1 heterocycles. The Morgan fingerprint density at radius 2 is 1.52 bits per heavy atom. The second-order valence-electron chi connectivity index (χ2n) is 5.23. The third-order valence-electron chi connectivity index (χ3n) is 3.91. The van der Waals surface area contributed by atoms with Gasteiger partial charge in [0.25, 0.3) is 0 Å². The maximum atomic E-state index is 6.38. The van der Waals surface area contributed by atoms with E-state index in [-0.39, 0.29) is 0 Å². The second-order valence-corrected chi connectivity index (χ2v) is 5.90. The highest BCUT2D eigenvalue weighted by Crippen LogP contribution is 2.29. The van der Waals surface area contributed by atoms with Crippen LogP contribution in [-0.2, 0) is 5.88 Å². The fourth-order valence-corrected chi connectivity index (χ4v) is 3.22. The molecule has 0 N–H and O–H groups in total. The molecule has 0 unspecified atom stereocenters. The summed E-state index contributed by atoms with van der Waals surface area (Å²) in [6.45, 7) is 3.98. The van der Waals surface area contributed by atoms with E-state index in [9.17, 15) is 0 Å². The average Bonchev–Trinajstić information content (AvgIpc) is 2.56. The van der Waals surface area contributed by atoms with Crippen molar-refractivity contribution in [1.82, 2.24) is 0 Å². The molecule has 0 aromatic heterocycles. The zero-order chi connectivity index (χ0) is 14.7. The number of benzene rings is 2. The van der Waals surface area contributed by atoms with Gasteiger partial charge in [0, 0.05) is 37.7 Å². The fourth-order valence-electron chi connectivity index (χ4n) is 2.73. The number of anilines is 2. The Hall–Kier alpha value is -1.38. The summed E-state index contributed by atoms with van der Waals surface area (Å²) in [5.74, 6) is 0.502. The average molecular weight is 321 g/mol. The first-order valence-electron chi connectivity index (χ1n) is 7.17. The first-order valence-corrected chi connectivity index (χ1v) is 8.08. The highest BCUT2D eigenvalue weighted by molar-refractivity contribution is 6.33. The lowest BCUT2D eigenvalue weighted by atomic mass is 10.2. The smallest absolute Gasteiger partial charge is 0.0642 e. The van der Waals surface area contributed by atoms with Crippen LogP contribution in [0.25, 0.3) is 0 Å². The Labute approximate surface area is 135 Å². The minimum atomic E-state index is 0.502. The Kier molecular flexibility index (Phi) is 4.57. The molecule has 2 aromatic rings. The van der Waals surface area contributed by atoms with Crippen LogP contribution >= 0.6 is 23.2 Å². The van der Waals surface area contributed by atoms with E-state index < -0.39 is 0 Å². The van der Waals surface area contributed by atoms with Gasteiger partial charge in [-0.3, -0.25) is 0 Å². The van der Waals surface area contributed by atoms with E-state index >= 15 is 0 Å². The molecule has 1 aliphatic rings. The lowest BCUT2D eigenvalue weighted by Crippen LogP contribution is -2.46. The number of halogens is 2. The van der Waals surface area contributed by atoms with Gasteiger partial charge in [-0.25, -0.2) is 0 Å². The molecule has 0 spiro atoms. The van der Waals surface area contributed by atoms with E-state index in [2.05, 4.69) is 52.3 Å². The van der Waals surface area contributed by atoms with Crippen molar-refractivity contribution in [3.8, 4) is 0 Å². The van der Waals surface area contributed by atoms with Crippen molar-refractivity contribution in [2.45, 2.75) is 5.88 Å². The molecule has 4 heteroatoms. The number of rotatable bonds is 3. The molecule has 0 saturated carbocycles. The summed E-state index contributed by atoms with van der Waals surface area (Å²) in [4.78, 5) is 4.76. The third kappa shape index (κ3) is 3.28. The standard InChI is InChI=1S/C17H18Cl2N2/c18-13-14-6-7-17(16(19)12-14)21-10-8-20(9-11-21)15-4-2-1-3-5-15/h1-7,12H,8-11,13H2. The first-order chi connectivity index (χ1) is 10.3. The maximum Gasteiger partial charge on any atom is 0.0642 e. The monoisotopic (exact) mass is 320 g/mol. The molecule has 0 atom stereocenters. The maximum absolute atomic E-state index is 6.38. The number of para-hydroxylation sites is 1. The molecular formula is C17H18Cl2N2. The Bertz CT molecular complexity index is 593. The summed E-state index contributed by atoms with van der Waals surface area (Å²) in [5, 5.41) is 0.793. The molecule has 0 bridgehead atoms. The van der Waals surface area contributed by atoms with Gasteiger partial charge < -0.3 is 9.80 Å². The molecule has 2 nitrogen and oxygen atoms in total. The van der Waals surface area contributed by atoms with E-state index in [1.54, 1.807) is 0 Å². The SMILES string of the molecule is ClCc1ccc(N2CCN(c3ccccc3)CC2)c(Cl)c1. The summed E-state index contributed by atoms with van der Waals surface area (Å²) in [6, 6.07) is 16.7. The summed E-state index contributed by atoms with van der Waals surface area (Å²) in [7, 11) is 0. The van der Waals surface area contributed by atoms with Crippen molar-refractivity contribution in [1.29, 1.82) is 0 Å². The number of hydrogen-bond acceptors (Lipinski definition) is 2. The Morgan fingerprint density at radius 1 is 0.857 bits per heavy atom. The van der Waals surface area contributed by atoms with Crippen LogP contribution in [-0.4, -0.2) is 26.2 Å². The number of nitrogens with zero attached hydrogens (tertiary/aromatic N) is 2. The summed E-state index contributed by atoms with van der Waals surface area (Å²) in [5.41, 5.74) is 3.47. The normalized spacial score (nSPS) is 15.3.